The summed E-state index contributed by atoms with van der Waals surface area (Å²) in [6.07, 6.45) is 0.181. The van der Waals surface area contributed by atoms with Gasteiger partial charge in [0.2, 0.25) is 0 Å². The van der Waals surface area contributed by atoms with Crippen LogP contribution in [0.1, 0.15) is 50.0 Å². The highest BCUT2D eigenvalue weighted by Gasteiger charge is 2.20. The molecule has 0 saturated carbocycles. The first-order valence-corrected chi connectivity index (χ1v) is 8.37. The van der Waals surface area contributed by atoms with Crippen LogP contribution in [0.3, 0.4) is 0 Å². The molecule has 7 heteroatoms. The number of rotatable bonds is 7. The molecule has 0 unspecified atom stereocenters. The van der Waals surface area contributed by atoms with E-state index in [-0.39, 0.29) is 18.4 Å². The molecule has 1 aromatic carbocycles. The van der Waals surface area contributed by atoms with Gasteiger partial charge in [-0.25, -0.2) is 4.79 Å². The lowest BCUT2D eigenvalue weighted by atomic mass is 9.86. The second kappa shape index (κ2) is 9.56. The Morgan fingerprint density at radius 1 is 1.19 bits per heavy atom. The van der Waals surface area contributed by atoms with Gasteiger partial charge in [-0.05, 0) is 30.0 Å². The zero-order valence-corrected chi connectivity index (χ0v) is 15.6. The Morgan fingerprint density at radius 3 is 2.35 bits per heavy atom. The van der Waals surface area contributed by atoms with E-state index < -0.39 is 30.4 Å². The first kappa shape index (κ1) is 21.2. The van der Waals surface area contributed by atoms with Crippen molar-refractivity contribution in [3.63, 3.8) is 0 Å². The normalized spacial score (nSPS) is 11.8. The maximum Gasteiger partial charge on any atom is 0.328 e. The van der Waals surface area contributed by atoms with E-state index in [1.165, 1.54) is 6.92 Å². The highest BCUT2D eigenvalue weighted by Crippen LogP contribution is 2.22. The fourth-order valence-electron chi connectivity index (χ4n) is 2.03. The average molecular weight is 359 g/mol. The van der Waals surface area contributed by atoms with E-state index in [2.05, 4.69) is 31.4 Å². The van der Waals surface area contributed by atoms with E-state index in [0.717, 1.165) is 5.56 Å². The number of esters is 1. The molecule has 0 heterocycles. The molecule has 0 saturated heterocycles. The molecule has 0 aliphatic rings. The van der Waals surface area contributed by atoms with Crippen LogP contribution < -0.4 is 10.6 Å². The molecule has 0 aromatic heterocycles. The molecule has 1 aromatic rings. The summed E-state index contributed by atoms with van der Waals surface area (Å²) in [5.41, 5.74) is 1.52. The molecule has 26 heavy (non-hydrogen) atoms. The minimum absolute atomic E-state index is 0.0140. The standard InChI is InChI=1S/C19H25N3O4/c1-13(18(25)26-12-16(23)21-11-5-10-20)22-17(24)14-6-8-15(9-7-14)19(2,3)4/h6-9,13H,5,11-12H2,1-4H3,(H,21,23)(H,22,24)/t13-/m0/s1. The maximum atomic E-state index is 12.2. The molecule has 1 atom stereocenters. The number of benzene rings is 1. The van der Waals surface area contributed by atoms with E-state index in [0.29, 0.717) is 5.56 Å². The molecule has 0 spiro atoms. The summed E-state index contributed by atoms with van der Waals surface area (Å²) in [4.78, 5) is 35.5. The van der Waals surface area contributed by atoms with E-state index in [1.807, 2.05) is 18.2 Å². The molecule has 0 radical (unpaired) electrons. The van der Waals surface area contributed by atoms with Crippen LogP contribution in [0.5, 0.6) is 0 Å². The third kappa shape index (κ3) is 6.93. The largest absolute Gasteiger partial charge is 0.454 e. The lowest BCUT2D eigenvalue weighted by molar-refractivity contribution is -0.150. The van der Waals surface area contributed by atoms with Crippen molar-refractivity contribution >= 4 is 17.8 Å². The van der Waals surface area contributed by atoms with Crippen LogP contribution in [0, 0.1) is 11.3 Å². The van der Waals surface area contributed by atoms with Crippen molar-refractivity contribution in [1.29, 1.82) is 5.26 Å². The van der Waals surface area contributed by atoms with Gasteiger partial charge in [0, 0.05) is 12.1 Å². The van der Waals surface area contributed by atoms with Crippen molar-refractivity contribution in [2.24, 2.45) is 0 Å². The van der Waals surface area contributed by atoms with E-state index in [9.17, 15) is 14.4 Å². The van der Waals surface area contributed by atoms with Gasteiger partial charge in [0.25, 0.3) is 11.8 Å². The Labute approximate surface area is 153 Å². The number of carbonyl (C=O) groups is 3. The fraction of sp³-hybridized carbons (Fsp3) is 0.474. The van der Waals surface area contributed by atoms with Crippen LogP contribution in [0.2, 0.25) is 0 Å². The van der Waals surface area contributed by atoms with Crippen molar-refractivity contribution in [1.82, 2.24) is 10.6 Å². The number of nitriles is 1. The fourth-order valence-corrected chi connectivity index (χ4v) is 2.03. The highest BCUT2D eigenvalue weighted by molar-refractivity contribution is 5.96. The van der Waals surface area contributed by atoms with Crippen LogP contribution in [-0.2, 0) is 19.7 Å². The SMILES string of the molecule is C[C@H](NC(=O)c1ccc(C(C)(C)C)cc1)C(=O)OCC(=O)NCCC#N. The Hall–Kier alpha value is -2.88. The monoisotopic (exact) mass is 359 g/mol. The van der Waals surface area contributed by atoms with Gasteiger partial charge in [-0.2, -0.15) is 5.26 Å². The van der Waals surface area contributed by atoms with Gasteiger partial charge in [0.05, 0.1) is 12.5 Å². The minimum Gasteiger partial charge on any atom is -0.454 e. The molecule has 0 bridgehead atoms. The molecular formula is C19H25N3O4. The smallest absolute Gasteiger partial charge is 0.328 e. The second-order valence-electron chi connectivity index (χ2n) is 6.89. The third-order valence-corrected chi connectivity index (χ3v) is 3.62. The van der Waals surface area contributed by atoms with Crippen molar-refractivity contribution in [2.45, 2.75) is 45.6 Å². The van der Waals surface area contributed by atoms with Gasteiger partial charge in [-0.15, -0.1) is 0 Å². The van der Waals surface area contributed by atoms with Gasteiger partial charge >= 0.3 is 5.97 Å². The van der Waals surface area contributed by atoms with Crippen molar-refractivity contribution in [3.8, 4) is 6.07 Å². The van der Waals surface area contributed by atoms with E-state index in [4.69, 9.17) is 10.00 Å². The van der Waals surface area contributed by atoms with Gasteiger partial charge in [-0.1, -0.05) is 32.9 Å². The summed E-state index contributed by atoms with van der Waals surface area (Å²) >= 11 is 0. The van der Waals surface area contributed by atoms with Crippen molar-refractivity contribution in [3.05, 3.63) is 35.4 Å². The molecule has 140 valence electrons. The number of hydrogen-bond donors (Lipinski definition) is 2. The van der Waals surface area contributed by atoms with E-state index >= 15 is 0 Å². The van der Waals surface area contributed by atoms with Gasteiger partial charge in [0.1, 0.15) is 6.04 Å². The Balaban J connectivity index is 2.49. The molecule has 1 rings (SSSR count). The Bertz CT molecular complexity index is 684. The number of nitrogens with zero attached hydrogens (tertiary/aromatic N) is 1. The predicted molar refractivity (Wildman–Crippen MR) is 96.3 cm³/mol. The number of ether oxygens (including phenoxy) is 1. The van der Waals surface area contributed by atoms with Gasteiger partial charge in [-0.3, -0.25) is 9.59 Å². The first-order valence-electron chi connectivity index (χ1n) is 8.37. The summed E-state index contributed by atoms with van der Waals surface area (Å²) in [5.74, 6) is -1.60. The lowest BCUT2D eigenvalue weighted by Crippen LogP contribution is -2.41. The molecule has 2 amide bonds. The predicted octanol–water partition coefficient (Wildman–Crippen LogP) is 1.68. The topological polar surface area (TPSA) is 108 Å². The molecule has 2 N–H and O–H groups in total. The molecule has 0 aliphatic heterocycles. The first-order chi connectivity index (χ1) is 12.1. The third-order valence-electron chi connectivity index (χ3n) is 3.62. The van der Waals surface area contributed by atoms with Crippen LogP contribution in [0.4, 0.5) is 0 Å². The molecule has 0 fully saturated rings. The van der Waals surface area contributed by atoms with Crippen molar-refractivity contribution in [2.75, 3.05) is 13.2 Å². The number of nitrogens with one attached hydrogen (secondary N) is 2. The Morgan fingerprint density at radius 2 is 1.81 bits per heavy atom. The Kier molecular flexibility index (Phi) is 7.78. The summed E-state index contributed by atoms with van der Waals surface area (Å²) in [7, 11) is 0. The lowest BCUT2D eigenvalue weighted by Gasteiger charge is -2.19. The summed E-state index contributed by atoms with van der Waals surface area (Å²) in [6, 6.07) is 8.16. The molecule has 7 nitrogen and oxygen atoms in total. The zero-order valence-electron chi connectivity index (χ0n) is 15.6. The average Bonchev–Trinajstić information content (AvgIpc) is 2.59. The number of hydrogen-bond acceptors (Lipinski definition) is 5. The van der Waals surface area contributed by atoms with Gasteiger partial charge < -0.3 is 15.4 Å². The van der Waals surface area contributed by atoms with Crippen LogP contribution >= 0.6 is 0 Å². The zero-order chi connectivity index (χ0) is 19.7. The quantitative estimate of drug-likeness (QED) is 0.569. The molecular weight excluding hydrogens is 334 g/mol. The summed E-state index contributed by atoms with van der Waals surface area (Å²) < 4.78 is 4.85. The summed E-state index contributed by atoms with van der Waals surface area (Å²) in [5, 5.41) is 13.4. The van der Waals surface area contributed by atoms with E-state index in [1.54, 1.807) is 12.1 Å². The maximum absolute atomic E-state index is 12.2. The minimum atomic E-state index is -0.892. The summed E-state index contributed by atoms with van der Waals surface area (Å²) in [6.45, 7) is 7.47. The highest BCUT2D eigenvalue weighted by atomic mass is 16.5. The van der Waals surface area contributed by atoms with Crippen LogP contribution in [-0.4, -0.2) is 37.0 Å². The number of amides is 2. The van der Waals surface area contributed by atoms with Crippen LogP contribution in [0.25, 0.3) is 0 Å². The molecule has 0 aliphatic carbocycles. The van der Waals surface area contributed by atoms with Crippen molar-refractivity contribution < 1.29 is 19.1 Å². The van der Waals surface area contributed by atoms with Crippen LogP contribution in [0.15, 0.2) is 24.3 Å². The number of carbonyl (C=O) groups excluding carboxylic acids is 3. The second-order valence-corrected chi connectivity index (χ2v) is 6.89. The van der Waals surface area contributed by atoms with Gasteiger partial charge in [0.15, 0.2) is 6.61 Å².